The quantitative estimate of drug-likeness (QED) is 0.675. The molecule has 4 N–H and O–H groups in total. The van der Waals surface area contributed by atoms with Gasteiger partial charge in [-0.25, -0.2) is 8.42 Å². The van der Waals surface area contributed by atoms with Gasteiger partial charge in [0.15, 0.2) is 0 Å². The topological polar surface area (TPSA) is 101 Å². The predicted octanol–water partition coefficient (Wildman–Crippen LogP) is 0.770. The number of amides is 1. The Labute approximate surface area is 119 Å². The third kappa shape index (κ3) is 4.21. The summed E-state index contributed by atoms with van der Waals surface area (Å²) < 4.78 is 26.7. The summed E-state index contributed by atoms with van der Waals surface area (Å²) in [6.07, 6.45) is 0.794. The largest absolute Gasteiger partial charge is 0.399 e. The fraction of sp³-hybridized carbons (Fsp3) is 0.462. The van der Waals surface area contributed by atoms with Gasteiger partial charge in [-0.3, -0.25) is 4.79 Å². The van der Waals surface area contributed by atoms with Crippen LogP contribution in [0.3, 0.4) is 0 Å². The molecule has 0 radical (unpaired) electrons. The molecule has 0 spiro atoms. The van der Waals surface area contributed by atoms with Gasteiger partial charge in [0.05, 0.1) is 10.9 Å². The summed E-state index contributed by atoms with van der Waals surface area (Å²) in [5.74, 6) is -0.345. The number of nitrogens with two attached hydrogens (primary N) is 1. The maximum atomic E-state index is 12.2. The molecule has 1 aromatic rings. The highest BCUT2D eigenvalue weighted by Crippen LogP contribution is 2.16. The molecule has 20 heavy (non-hydrogen) atoms. The number of benzene rings is 1. The number of nitrogen functional groups attached to an aromatic ring is 1. The average molecular weight is 299 g/mol. The maximum Gasteiger partial charge on any atom is 0.241 e. The molecular formula is C13H21N3O3S. The molecule has 1 amide bonds. The molecule has 1 aromatic carbocycles. The number of sulfonamides is 1. The van der Waals surface area contributed by atoms with Crippen LogP contribution in [0.5, 0.6) is 0 Å². The van der Waals surface area contributed by atoms with Crippen molar-refractivity contribution in [3.63, 3.8) is 0 Å². The summed E-state index contributed by atoms with van der Waals surface area (Å²) in [5.41, 5.74) is 6.86. The molecule has 112 valence electrons. The molecule has 0 saturated heterocycles. The number of hydrogen-bond donors (Lipinski definition) is 3. The van der Waals surface area contributed by atoms with E-state index in [9.17, 15) is 13.2 Å². The van der Waals surface area contributed by atoms with Crippen LogP contribution in [-0.2, 0) is 14.8 Å². The highest BCUT2D eigenvalue weighted by atomic mass is 32.2. The van der Waals surface area contributed by atoms with Crippen molar-refractivity contribution in [1.82, 2.24) is 10.0 Å². The summed E-state index contributed by atoms with van der Waals surface area (Å²) >= 11 is 0. The second-order valence-electron chi connectivity index (χ2n) is 4.65. The fourth-order valence-corrected chi connectivity index (χ4v) is 2.86. The molecule has 0 saturated carbocycles. The first-order valence-corrected chi connectivity index (χ1v) is 7.92. The summed E-state index contributed by atoms with van der Waals surface area (Å²) in [7, 11) is -3.74. The van der Waals surface area contributed by atoms with Gasteiger partial charge in [-0.05, 0) is 44.0 Å². The van der Waals surface area contributed by atoms with E-state index in [4.69, 9.17) is 5.73 Å². The van der Waals surface area contributed by atoms with Gasteiger partial charge in [-0.1, -0.05) is 6.92 Å². The Hall–Kier alpha value is -1.60. The SMILES string of the molecule is CCCNC(=O)C(C)NS(=O)(=O)c1ccc(N)c(C)c1. The number of nitrogens with one attached hydrogen (secondary N) is 2. The van der Waals surface area contributed by atoms with Gasteiger partial charge in [0.2, 0.25) is 15.9 Å². The highest BCUT2D eigenvalue weighted by Gasteiger charge is 2.21. The first-order chi connectivity index (χ1) is 9.27. The van der Waals surface area contributed by atoms with Crippen LogP contribution in [0.2, 0.25) is 0 Å². The van der Waals surface area contributed by atoms with Crippen molar-refractivity contribution in [1.29, 1.82) is 0 Å². The van der Waals surface area contributed by atoms with Crippen LogP contribution in [0.1, 0.15) is 25.8 Å². The number of carbonyl (C=O) groups excluding carboxylic acids is 1. The summed E-state index contributed by atoms with van der Waals surface area (Å²) in [4.78, 5) is 11.8. The Balaban J connectivity index is 2.84. The Morgan fingerprint density at radius 1 is 1.40 bits per heavy atom. The van der Waals surface area contributed by atoms with E-state index in [1.54, 1.807) is 6.92 Å². The normalized spacial score (nSPS) is 12.9. The molecule has 0 bridgehead atoms. The summed E-state index contributed by atoms with van der Waals surface area (Å²) in [6.45, 7) is 5.68. The van der Waals surface area contributed by atoms with E-state index in [1.807, 2.05) is 6.92 Å². The van der Waals surface area contributed by atoms with Crippen molar-refractivity contribution in [3.8, 4) is 0 Å². The van der Waals surface area contributed by atoms with E-state index in [0.717, 1.165) is 6.42 Å². The minimum atomic E-state index is -3.74. The van der Waals surface area contributed by atoms with E-state index in [0.29, 0.717) is 17.8 Å². The zero-order valence-corrected chi connectivity index (χ0v) is 12.8. The van der Waals surface area contributed by atoms with Gasteiger partial charge >= 0.3 is 0 Å². The molecule has 0 aromatic heterocycles. The average Bonchev–Trinajstić information content (AvgIpc) is 2.38. The van der Waals surface area contributed by atoms with Crippen LogP contribution < -0.4 is 15.8 Å². The number of rotatable bonds is 6. The van der Waals surface area contributed by atoms with E-state index in [2.05, 4.69) is 10.0 Å². The number of anilines is 1. The van der Waals surface area contributed by atoms with Crippen molar-refractivity contribution >= 4 is 21.6 Å². The molecule has 7 heteroatoms. The van der Waals surface area contributed by atoms with Gasteiger partial charge in [0, 0.05) is 12.2 Å². The van der Waals surface area contributed by atoms with E-state index < -0.39 is 16.1 Å². The standard InChI is InChI=1S/C13H21N3O3S/c1-4-7-15-13(17)10(3)16-20(18,19)11-5-6-12(14)9(2)8-11/h5-6,8,10,16H,4,7,14H2,1-3H3,(H,15,17). The first-order valence-electron chi connectivity index (χ1n) is 6.44. The zero-order chi connectivity index (χ0) is 15.3. The molecule has 1 unspecified atom stereocenters. The van der Waals surface area contributed by atoms with Crippen molar-refractivity contribution in [2.75, 3.05) is 12.3 Å². The summed E-state index contributed by atoms with van der Waals surface area (Å²) in [6, 6.07) is 3.60. The Morgan fingerprint density at radius 3 is 2.60 bits per heavy atom. The molecule has 0 aliphatic carbocycles. The lowest BCUT2D eigenvalue weighted by Crippen LogP contribution is -2.44. The number of carbonyl (C=O) groups is 1. The minimum Gasteiger partial charge on any atom is -0.399 e. The van der Waals surface area contributed by atoms with Crippen LogP contribution in [0, 0.1) is 6.92 Å². The monoisotopic (exact) mass is 299 g/mol. The Morgan fingerprint density at radius 2 is 2.05 bits per heavy atom. The van der Waals surface area contributed by atoms with Gasteiger partial charge in [-0.15, -0.1) is 0 Å². The third-order valence-electron chi connectivity index (χ3n) is 2.83. The lowest BCUT2D eigenvalue weighted by atomic mass is 10.2. The Bertz CT molecular complexity index is 585. The van der Waals surface area contributed by atoms with E-state index in [-0.39, 0.29) is 10.8 Å². The number of aryl methyl sites for hydroxylation is 1. The lowest BCUT2D eigenvalue weighted by Gasteiger charge is -2.14. The number of hydrogen-bond acceptors (Lipinski definition) is 4. The van der Waals surface area contributed by atoms with Gasteiger partial charge < -0.3 is 11.1 Å². The molecule has 6 nitrogen and oxygen atoms in total. The molecule has 1 rings (SSSR count). The van der Waals surface area contributed by atoms with Crippen LogP contribution >= 0.6 is 0 Å². The lowest BCUT2D eigenvalue weighted by molar-refractivity contribution is -0.122. The molecule has 1 atom stereocenters. The summed E-state index contributed by atoms with van der Waals surface area (Å²) in [5, 5.41) is 2.64. The smallest absolute Gasteiger partial charge is 0.241 e. The zero-order valence-electron chi connectivity index (χ0n) is 11.9. The third-order valence-corrected chi connectivity index (χ3v) is 4.36. The van der Waals surface area contributed by atoms with Gasteiger partial charge in [0.1, 0.15) is 0 Å². The van der Waals surface area contributed by atoms with Crippen LogP contribution in [0.15, 0.2) is 23.1 Å². The Kier molecular flexibility index (Phi) is 5.52. The van der Waals surface area contributed by atoms with E-state index in [1.165, 1.54) is 25.1 Å². The molecule has 0 heterocycles. The minimum absolute atomic E-state index is 0.0966. The fourth-order valence-electron chi connectivity index (χ4n) is 1.57. The van der Waals surface area contributed by atoms with Crippen LogP contribution in [0.4, 0.5) is 5.69 Å². The first kappa shape index (κ1) is 16.5. The molecular weight excluding hydrogens is 278 g/mol. The molecule has 0 aliphatic rings. The van der Waals surface area contributed by atoms with Gasteiger partial charge in [0.25, 0.3) is 0 Å². The molecule has 0 fully saturated rings. The predicted molar refractivity (Wildman–Crippen MR) is 78.7 cm³/mol. The van der Waals surface area contributed by atoms with Crippen molar-refractivity contribution < 1.29 is 13.2 Å². The molecule has 0 aliphatic heterocycles. The van der Waals surface area contributed by atoms with Crippen molar-refractivity contribution in [3.05, 3.63) is 23.8 Å². The van der Waals surface area contributed by atoms with E-state index >= 15 is 0 Å². The maximum absolute atomic E-state index is 12.2. The van der Waals surface area contributed by atoms with Crippen molar-refractivity contribution in [2.45, 2.75) is 38.1 Å². The van der Waals surface area contributed by atoms with Crippen LogP contribution in [0.25, 0.3) is 0 Å². The second-order valence-corrected chi connectivity index (χ2v) is 6.37. The van der Waals surface area contributed by atoms with Crippen molar-refractivity contribution in [2.24, 2.45) is 0 Å². The second kappa shape index (κ2) is 6.71. The highest BCUT2D eigenvalue weighted by molar-refractivity contribution is 7.89. The van der Waals surface area contributed by atoms with Crippen LogP contribution in [-0.4, -0.2) is 26.9 Å². The van der Waals surface area contributed by atoms with Gasteiger partial charge in [-0.2, -0.15) is 4.72 Å².